The molecular formula is C30H22Cl2N4O2. The standard InChI is InChI=1S/C30H22Cl2N4O2/c31-23-7-1-20(2-8-23)18-38-25-11-5-22(6-12-25)29-26-27(21-3-9-24(32)10-4-21)34-35-28(26)30(37)36(29)17-19-13-15-33-16-14-19/h1-16,29H,17-18H2,(H,34,35). The molecule has 1 N–H and O–H groups in total. The van der Waals surface area contributed by atoms with Crippen LogP contribution < -0.4 is 4.74 Å². The number of ether oxygens (including phenoxy) is 1. The van der Waals surface area contributed by atoms with Gasteiger partial charge in [0, 0.05) is 40.1 Å². The van der Waals surface area contributed by atoms with Crippen LogP contribution in [0.5, 0.6) is 5.75 Å². The number of hydrogen-bond acceptors (Lipinski definition) is 4. The summed E-state index contributed by atoms with van der Waals surface area (Å²) in [5.74, 6) is 0.636. The Morgan fingerprint density at radius 3 is 2.16 bits per heavy atom. The number of aromatic amines is 1. The molecule has 6 nitrogen and oxygen atoms in total. The van der Waals surface area contributed by atoms with Crippen molar-refractivity contribution in [3.63, 3.8) is 0 Å². The number of nitrogens with zero attached hydrogens (tertiary/aromatic N) is 3. The number of carbonyl (C=O) groups excluding carboxylic acids is 1. The Labute approximate surface area is 229 Å². The molecule has 6 rings (SSSR count). The van der Waals surface area contributed by atoms with Crippen molar-refractivity contribution >= 4 is 29.1 Å². The first-order valence-electron chi connectivity index (χ1n) is 12.1. The van der Waals surface area contributed by atoms with Crippen LogP contribution in [0.15, 0.2) is 97.3 Å². The summed E-state index contributed by atoms with van der Waals surface area (Å²) in [6.45, 7) is 0.864. The SMILES string of the molecule is O=C1c2[nH]nc(-c3ccc(Cl)cc3)c2C(c2ccc(OCc3ccc(Cl)cc3)cc2)N1Cc1ccncc1. The molecule has 0 saturated heterocycles. The van der Waals surface area contributed by atoms with E-state index in [1.807, 2.05) is 89.8 Å². The third kappa shape index (κ3) is 4.76. The fraction of sp³-hybridized carbons (Fsp3) is 0.100. The van der Waals surface area contributed by atoms with Gasteiger partial charge in [-0.15, -0.1) is 0 Å². The lowest BCUT2D eigenvalue weighted by Gasteiger charge is -2.26. The number of amides is 1. The minimum atomic E-state index is -0.333. The van der Waals surface area contributed by atoms with Crippen molar-refractivity contribution in [1.82, 2.24) is 20.1 Å². The predicted octanol–water partition coefficient (Wildman–Crippen LogP) is 7.10. The zero-order chi connectivity index (χ0) is 26.1. The maximum Gasteiger partial charge on any atom is 0.273 e. The molecule has 0 radical (unpaired) electrons. The number of carbonyl (C=O) groups is 1. The van der Waals surface area contributed by atoms with E-state index in [2.05, 4.69) is 15.2 Å². The third-order valence-electron chi connectivity index (χ3n) is 6.60. The lowest BCUT2D eigenvalue weighted by molar-refractivity contribution is 0.0730. The van der Waals surface area contributed by atoms with E-state index in [-0.39, 0.29) is 11.9 Å². The third-order valence-corrected chi connectivity index (χ3v) is 7.10. The predicted molar refractivity (Wildman–Crippen MR) is 147 cm³/mol. The van der Waals surface area contributed by atoms with Crippen LogP contribution in [-0.2, 0) is 13.2 Å². The molecular weight excluding hydrogens is 519 g/mol. The summed E-state index contributed by atoms with van der Waals surface area (Å²) in [4.78, 5) is 19.6. The molecule has 0 fully saturated rings. The molecule has 1 unspecified atom stereocenters. The van der Waals surface area contributed by atoms with Crippen molar-refractivity contribution in [3.05, 3.63) is 135 Å². The maximum atomic E-state index is 13.6. The van der Waals surface area contributed by atoms with E-state index in [9.17, 15) is 4.79 Å². The number of halogens is 2. The van der Waals surface area contributed by atoms with Crippen molar-refractivity contribution in [2.75, 3.05) is 0 Å². The molecule has 0 bridgehead atoms. The minimum absolute atomic E-state index is 0.0995. The Balaban J connectivity index is 1.34. The van der Waals surface area contributed by atoms with Crippen LogP contribution in [0.4, 0.5) is 0 Å². The molecule has 1 atom stereocenters. The van der Waals surface area contributed by atoms with Crippen LogP contribution in [0.2, 0.25) is 10.0 Å². The zero-order valence-electron chi connectivity index (χ0n) is 20.1. The molecule has 188 valence electrons. The van der Waals surface area contributed by atoms with Gasteiger partial charge < -0.3 is 9.64 Å². The van der Waals surface area contributed by atoms with Crippen LogP contribution in [0, 0.1) is 0 Å². The summed E-state index contributed by atoms with van der Waals surface area (Å²) < 4.78 is 5.99. The summed E-state index contributed by atoms with van der Waals surface area (Å²) in [5.41, 5.74) is 5.94. The van der Waals surface area contributed by atoms with E-state index >= 15 is 0 Å². The van der Waals surface area contributed by atoms with Gasteiger partial charge in [-0.25, -0.2) is 0 Å². The monoisotopic (exact) mass is 540 g/mol. The van der Waals surface area contributed by atoms with Gasteiger partial charge in [-0.3, -0.25) is 14.9 Å². The van der Waals surface area contributed by atoms with Gasteiger partial charge in [0.15, 0.2) is 0 Å². The molecule has 0 spiro atoms. The van der Waals surface area contributed by atoms with Crippen molar-refractivity contribution in [3.8, 4) is 17.0 Å². The van der Waals surface area contributed by atoms with Crippen molar-refractivity contribution < 1.29 is 9.53 Å². The smallest absolute Gasteiger partial charge is 0.273 e. The average molecular weight is 541 g/mol. The molecule has 1 aliphatic rings. The Morgan fingerprint density at radius 1 is 0.816 bits per heavy atom. The highest BCUT2D eigenvalue weighted by molar-refractivity contribution is 6.30. The zero-order valence-corrected chi connectivity index (χ0v) is 21.7. The Hall–Kier alpha value is -4.13. The summed E-state index contributed by atoms with van der Waals surface area (Å²) in [5, 5.41) is 8.86. The molecule has 0 aliphatic carbocycles. The van der Waals surface area contributed by atoms with E-state index in [0.717, 1.165) is 39.3 Å². The molecule has 1 aliphatic heterocycles. The lowest BCUT2D eigenvalue weighted by Crippen LogP contribution is -2.29. The van der Waals surface area contributed by atoms with Crippen molar-refractivity contribution in [1.29, 1.82) is 0 Å². The number of rotatable bonds is 7. The molecule has 1 amide bonds. The second-order valence-corrected chi connectivity index (χ2v) is 9.92. The van der Waals surface area contributed by atoms with Crippen LogP contribution in [-0.4, -0.2) is 26.0 Å². The maximum absolute atomic E-state index is 13.6. The van der Waals surface area contributed by atoms with Gasteiger partial charge >= 0.3 is 0 Å². The molecule has 3 aromatic carbocycles. The van der Waals surface area contributed by atoms with Crippen LogP contribution >= 0.6 is 23.2 Å². The minimum Gasteiger partial charge on any atom is -0.489 e. The number of fused-ring (bicyclic) bond motifs is 1. The summed E-state index contributed by atoms with van der Waals surface area (Å²) >= 11 is 12.1. The van der Waals surface area contributed by atoms with Crippen LogP contribution in [0.1, 0.15) is 38.8 Å². The Bertz CT molecular complexity index is 1570. The summed E-state index contributed by atoms with van der Waals surface area (Å²) in [6.07, 6.45) is 3.47. The summed E-state index contributed by atoms with van der Waals surface area (Å²) in [7, 11) is 0. The van der Waals surface area contributed by atoms with E-state index in [0.29, 0.717) is 28.9 Å². The van der Waals surface area contributed by atoms with Gasteiger partial charge in [-0.2, -0.15) is 5.10 Å². The fourth-order valence-electron chi connectivity index (χ4n) is 4.71. The second kappa shape index (κ2) is 10.3. The first kappa shape index (κ1) is 24.2. The first-order chi connectivity index (χ1) is 18.6. The number of nitrogens with one attached hydrogen (secondary N) is 1. The Morgan fingerprint density at radius 2 is 1.47 bits per heavy atom. The van der Waals surface area contributed by atoms with E-state index in [4.69, 9.17) is 27.9 Å². The molecule has 8 heteroatoms. The number of hydrogen-bond donors (Lipinski definition) is 1. The highest BCUT2D eigenvalue weighted by atomic mass is 35.5. The number of H-pyrrole nitrogens is 1. The topological polar surface area (TPSA) is 71.1 Å². The van der Waals surface area contributed by atoms with Crippen LogP contribution in [0.3, 0.4) is 0 Å². The van der Waals surface area contributed by atoms with Gasteiger partial charge in [0.2, 0.25) is 0 Å². The summed E-state index contributed by atoms with van der Waals surface area (Å²) in [6, 6.07) is 26.4. The lowest BCUT2D eigenvalue weighted by atomic mass is 9.96. The van der Waals surface area contributed by atoms with Crippen molar-refractivity contribution in [2.45, 2.75) is 19.2 Å². The molecule has 0 saturated carbocycles. The van der Waals surface area contributed by atoms with E-state index in [1.54, 1.807) is 12.4 Å². The highest BCUT2D eigenvalue weighted by Gasteiger charge is 2.42. The van der Waals surface area contributed by atoms with Gasteiger partial charge in [0.25, 0.3) is 5.91 Å². The van der Waals surface area contributed by atoms with Gasteiger partial charge in [0.1, 0.15) is 18.1 Å². The second-order valence-electron chi connectivity index (χ2n) is 9.04. The molecule has 3 heterocycles. The molecule has 2 aromatic heterocycles. The Kier molecular flexibility index (Phi) is 6.58. The highest BCUT2D eigenvalue weighted by Crippen LogP contribution is 2.43. The van der Waals surface area contributed by atoms with E-state index < -0.39 is 0 Å². The van der Waals surface area contributed by atoms with Gasteiger partial charge in [-0.1, -0.05) is 59.6 Å². The molecule has 38 heavy (non-hydrogen) atoms. The fourth-order valence-corrected chi connectivity index (χ4v) is 4.96. The molecule has 5 aromatic rings. The van der Waals surface area contributed by atoms with Gasteiger partial charge in [-0.05, 0) is 65.2 Å². The number of aromatic nitrogens is 3. The van der Waals surface area contributed by atoms with Gasteiger partial charge in [0.05, 0.1) is 11.7 Å². The van der Waals surface area contributed by atoms with Crippen LogP contribution in [0.25, 0.3) is 11.3 Å². The van der Waals surface area contributed by atoms with Crippen molar-refractivity contribution in [2.24, 2.45) is 0 Å². The normalized spacial score (nSPS) is 14.5. The number of pyridine rings is 1. The van der Waals surface area contributed by atoms with E-state index in [1.165, 1.54) is 0 Å². The first-order valence-corrected chi connectivity index (χ1v) is 12.8. The number of benzene rings is 3. The quantitative estimate of drug-likeness (QED) is 0.239. The average Bonchev–Trinajstić information content (AvgIpc) is 3.49. The largest absolute Gasteiger partial charge is 0.489 e.